The van der Waals surface area contributed by atoms with E-state index in [0.717, 1.165) is 18.4 Å². The molecule has 3 rings (SSSR count). The largest absolute Gasteiger partial charge is 0.476 e. The number of aromatic carboxylic acids is 1. The van der Waals surface area contributed by atoms with Crippen LogP contribution in [0, 0.1) is 0 Å². The molecule has 2 aromatic rings. The number of aromatic nitrogens is 3. The molecule has 2 heterocycles. The Bertz CT molecular complexity index is 716. The molecule has 1 aliphatic heterocycles. The van der Waals surface area contributed by atoms with E-state index in [2.05, 4.69) is 15.4 Å². The highest BCUT2D eigenvalue weighted by Crippen LogP contribution is 2.27. The van der Waals surface area contributed by atoms with E-state index in [-0.39, 0.29) is 18.2 Å². The van der Waals surface area contributed by atoms with Gasteiger partial charge in [0.2, 0.25) is 0 Å². The van der Waals surface area contributed by atoms with E-state index < -0.39 is 12.1 Å². The Morgan fingerprint density at radius 3 is 2.83 bits per heavy atom. The molecule has 1 amide bonds. The Hall–Kier alpha value is -2.90. The molecular formula is C16H18N4O4. The molecule has 1 aromatic heterocycles. The number of ether oxygens (including phenoxy) is 1. The summed E-state index contributed by atoms with van der Waals surface area (Å²) in [4.78, 5) is 25.0. The number of nitrogens with zero attached hydrogens (tertiary/aromatic N) is 3. The number of carboxylic acid groups (broad SMARTS) is 1. The van der Waals surface area contributed by atoms with Crippen LogP contribution in [0.4, 0.5) is 4.79 Å². The molecule has 24 heavy (non-hydrogen) atoms. The SMILES string of the molecule is O=C(O)c1n[nH]nc1C1CCCN(C(=O)OCc2ccccc2)C1. The average Bonchev–Trinajstić information content (AvgIpc) is 3.11. The Kier molecular flexibility index (Phi) is 4.74. The normalized spacial score (nSPS) is 17.5. The van der Waals surface area contributed by atoms with Gasteiger partial charge in [-0.25, -0.2) is 9.59 Å². The molecule has 1 atom stereocenters. The molecule has 1 unspecified atom stereocenters. The van der Waals surface area contributed by atoms with E-state index in [1.54, 1.807) is 4.90 Å². The molecule has 0 bridgehead atoms. The first-order valence-corrected chi connectivity index (χ1v) is 7.74. The maximum absolute atomic E-state index is 12.2. The van der Waals surface area contributed by atoms with E-state index in [9.17, 15) is 9.59 Å². The summed E-state index contributed by atoms with van der Waals surface area (Å²) in [7, 11) is 0. The number of benzene rings is 1. The molecule has 0 spiro atoms. The molecule has 0 saturated carbocycles. The monoisotopic (exact) mass is 330 g/mol. The number of nitrogens with one attached hydrogen (secondary N) is 1. The zero-order valence-electron chi connectivity index (χ0n) is 13.0. The summed E-state index contributed by atoms with van der Waals surface area (Å²) in [5, 5.41) is 19.1. The number of piperidine rings is 1. The molecule has 1 aliphatic rings. The number of hydrogen-bond donors (Lipinski definition) is 2. The summed E-state index contributed by atoms with van der Waals surface area (Å²) in [5.41, 5.74) is 1.23. The standard InChI is InChI=1S/C16H18N4O4/c21-15(22)14-13(17-19-18-14)12-7-4-8-20(9-12)16(23)24-10-11-5-2-1-3-6-11/h1-3,5-6,12H,4,7-10H2,(H,21,22)(H,17,18,19). The number of carbonyl (C=O) groups is 2. The van der Waals surface area contributed by atoms with E-state index in [4.69, 9.17) is 9.84 Å². The number of carbonyl (C=O) groups excluding carboxylic acids is 1. The van der Waals surface area contributed by atoms with Crippen LogP contribution in [0.1, 0.15) is 40.5 Å². The van der Waals surface area contributed by atoms with Crippen LogP contribution in [-0.4, -0.2) is 50.6 Å². The first kappa shape index (κ1) is 16.0. The molecule has 2 N–H and O–H groups in total. The fourth-order valence-corrected chi connectivity index (χ4v) is 2.86. The van der Waals surface area contributed by atoms with Gasteiger partial charge in [-0.05, 0) is 18.4 Å². The van der Waals surface area contributed by atoms with Crippen molar-refractivity contribution in [2.45, 2.75) is 25.4 Å². The molecule has 126 valence electrons. The summed E-state index contributed by atoms with van der Waals surface area (Å²) >= 11 is 0. The number of carboxylic acids is 1. The minimum Gasteiger partial charge on any atom is -0.476 e. The molecule has 1 saturated heterocycles. The van der Waals surface area contributed by atoms with Crippen LogP contribution in [0.3, 0.4) is 0 Å². The van der Waals surface area contributed by atoms with Crippen molar-refractivity contribution < 1.29 is 19.4 Å². The molecule has 0 aliphatic carbocycles. The Morgan fingerprint density at radius 2 is 2.08 bits per heavy atom. The van der Waals surface area contributed by atoms with Gasteiger partial charge in [0.15, 0.2) is 5.69 Å². The van der Waals surface area contributed by atoms with Gasteiger partial charge < -0.3 is 14.7 Å². The number of H-pyrrole nitrogens is 1. The van der Waals surface area contributed by atoms with E-state index >= 15 is 0 Å². The van der Waals surface area contributed by atoms with Crippen molar-refractivity contribution in [1.29, 1.82) is 0 Å². The quantitative estimate of drug-likeness (QED) is 0.888. The highest BCUT2D eigenvalue weighted by Gasteiger charge is 2.30. The molecule has 1 fully saturated rings. The average molecular weight is 330 g/mol. The van der Waals surface area contributed by atoms with Crippen molar-refractivity contribution in [2.75, 3.05) is 13.1 Å². The summed E-state index contributed by atoms with van der Waals surface area (Å²) < 4.78 is 5.34. The zero-order chi connectivity index (χ0) is 16.9. The third-order valence-electron chi connectivity index (χ3n) is 4.05. The van der Waals surface area contributed by atoms with Gasteiger partial charge in [-0.15, -0.1) is 5.10 Å². The summed E-state index contributed by atoms with van der Waals surface area (Å²) in [6.07, 6.45) is 1.12. The highest BCUT2D eigenvalue weighted by molar-refractivity contribution is 5.86. The third-order valence-corrected chi connectivity index (χ3v) is 4.05. The summed E-state index contributed by atoms with van der Waals surface area (Å²) in [5.74, 6) is -1.28. The zero-order valence-corrected chi connectivity index (χ0v) is 13.0. The lowest BCUT2D eigenvalue weighted by Crippen LogP contribution is -2.39. The van der Waals surface area contributed by atoms with E-state index in [1.165, 1.54) is 0 Å². The van der Waals surface area contributed by atoms with E-state index in [1.807, 2.05) is 30.3 Å². The summed E-state index contributed by atoms with van der Waals surface area (Å²) in [6, 6.07) is 9.45. The maximum atomic E-state index is 12.2. The van der Waals surface area contributed by atoms with Crippen LogP contribution in [0.15, 0.2) is 30.3 Å². The van der Waals surface area contributed by atoms with Crippen LogP contribution < -0.4 is 0 Å². The van der Waals surface area contributed by atoms with Gasteiger partial charge in [0, 0.05) is 19.0 Å². The predicted octanol–water partition coefficient (Wildman–Crippen LogP) is 2.02. The van der Waals surface area contributed by atoms with Crippen molar-refractivity contribution >= 4 is 12.1 Å². The Balaban J connectivity index is 1.61. The number of amides is 1. The number of likely N-dealkylation sites (tertiary alicyclic amines) is 1. The first-order valence-electron chi connectivity index (χ1n) is 7.74. The maximum Gasteiger partial charge on any atom is 0.410 e. The van der Waals surface area contributed by atoms with Gasteiger partial charge in [-0.3, -0.25) is 0 Å². The van der Waals surface area contributed by atoms with Crippen molar-refractivity contribution in [3.8, 4) is 0 Å². The topological polar surface area (TPSA) is 108 Å². The van der Waals surface area contributed by atoms with Gasteiger partial charge in [0.1, 0.15) is 12.3 Å². The number of hydrogen-bond acceptors (Lipinski definition) is 5. The van der Waals surface area contributed by atoms with Gasteiger partial charge >= 0.3 is 12.1 Å². The predicted molar refractivity (Wildman–Crippen MR) is 83.5 cm³/mol. The second kappa shape index (κ2) is 7.12. The van der Waals surface area contributed by atoms with Gasteiger partial charge in [-0.2, -0.15) is 10.3 Å². The lowest BCUT2D eigenvalue weighted by Gasteiger charge is -2.31. The van der Waals surface area contributed by atoms with Crippen molar-refractivity contribution in [3.05, 3.63) is 47.3 Å². The van der Waals surface area contributed by atoms with Crippen LogP contribution >= 0.6 is 0 Å². The minimum absolute atomic E-state index is 0.0838. The second-order valence-electron chi connectivity index (χ2n) is 5.69. The second-order valence-corrected chi connectivity index (χ2v) is 5.69. The smallest absolute Gasteiger partial charge is 0.410 e. The highest BCUT2D eigenvalue weighted by atomic mass is 16.6. The molecule has 8 nitrogen and oxygen atoms in total. The van der Waals surface area contributed by atoms with Gasteiger partial charge in [-0.1, -0.05) is 30.3 Å². The Labute approximate surface area is 138 Å². The minimum atomic E-state index is -1.12. The van der Waals surface area contributed by atoms with Crippen LogP contribution in [-0.2, 0) is 11.3 Å². The molecule has 1 aromatic carbocycles. The van der Waals surface area contributed by atoms with Crippen molar-refractivity contribution in [3.63, 3.8) is 0 Å². The van der Waals surface area contributed by atoms with Crippen molar-refractivity contribution in [1.82, 2.24) is 20.3 Å². The van der Waals surface area contributed by atoms with Gasteiger partial charge in [0.25, 0.3) is 0 Å². The van der Waals surface area contributed by atoms with Crippen LogP contribution in [0.5, 0.6) is 0 Å². The lowest BCUT2D eigenvalue weighted by atomic mass is 9.94. The molecule has 0 radical (unpaired) electrons. The lowest BCUT2D eigenvalue weighted by molar-refractivity contribution is 0.0687. The number of aromatic amines is 1. The van der Waals surface area contributed by atoms with Crippen LogP contribution in [0.2, 0.25) is 0 Å². The molecule has 8 heteroatoms. The fourth-order valence-electron chi connectivity index (χ4n) is 2.86. The third kappa shape index (κ3) is 3.53. The Morgan fingerprint density at radius 1 is 1.29 bits per heavy atom. The van der Waals surface area contributed by atoms with Crippen molar-refractivity contribution in [2.24, 2.45) is 0 Å². The van der Waals surface area contributed by atoms with E-state index in [0.29, 0.717) is 18.8 Å². The number of rotatable bonds is 4. The van der Waals surface area contributed by atoms with Gasteiger partial charge in [0.05, 0.1) is 0 Å². The first-order chi connectivity index (χ1) is 11.6. The summed E-state index contributed by atoms with van der Waals surface area (Å²) in [6.45, 7) is 1.18. The fraction of sp³-hybridized carbons (Fsp3) is 0.375. The molecular weight excluding hydrogens is 312 g/mol. The van der Waals surface area contributed by atoms with Crippen LogP contribution in [0.25, 0.3) is 0 Å².